The maximum Gasteiger partial charge on any atom is 0.0454 e. The van der Waals surface area contributed by atoms with Crippen molar-refractivity contribution in [1.82, 2.24) is 10.2 Å². The molecule has 126 valence electrons. The van der Waals surface area contributed by atoms with Crippen LogP contribution in [0.1, 0.15) is 37.3 Å². The number of nitrogens with zero attached hydrogens (tertiary/aromatic N) is 1. The van der Waals surface area contributed by atoms with E-state index in [2.05, 4.69) is 32.2 Å². The highest BCUT2D eigenvalue weighted by molar-refractivity contribution is 9.10. The molecule has 2 aliphatic rings. The predicted octanol–water partition coefficient (Wildman–Crippen LogP) is 5.08. The van der Waals surface area contributed by atoms with Gasteiger partial charge in [-0.3, -0.25) is 4.90 Å². The molecule has 0 amide bonds. The Morgan fingerprint density at radius 2 is 1.77 bits per heavy atom. The van der Waals surface area contributed by atoms with Gasteiger partial charge >= 0.3 is 0 Å². The van der Waals surface area contributed by atoms with E-state index in [1.165, 1.54) is 31.2 Å². The third-order valence-electron chi connectivity index (χ3n) is 4.67. The largest absolute Gasteiger partial charge is 0.314 e. The molecule has 2 fully saturated rings. The minimum atomic E-state index is 0. The van der Waals surface area contributed by atoms with Gasteiger partial charge in [0.05, 0.1) is 0 Å². The minimum absolute atomic E-state index is 0. The quantitative estimate of drug-likeness (QED) is 0.719. The van der Waals surface area contributed by atoms with Crippen molar-refractivity contribution in [2.24, 2.45) is 5.92 Å². The van der Waals surface area contributed by atoms with Gasteiger partial charge < -0.3 is 5.32 Å². The molecule has 1 aliphatic carbocycles. The van der Waals surface area contributed by atoms with Gasteiger partial charge in [0, 0.05) is 41.7 Å². The normalized spacial score (nSPS) is 21.0. The van der Waals surface area contributed by atoms with Crippen LogP contribution in [0.2, 0.25) is 5.02 Å². The first kappa shape index (κ1) is 20.5. The van der Waals surface area contributed by atoms with Gasteiger partial charge in [0.2, 0.25) is 0 Å². The SMILES string of the molecule is Cl.Cl.Clc1ccc(Br)cc1[C@H](C1CCCC1)N1CCNCC1. The van der Waals surface area contributed by atoms with Crippen LogP contribution in [0, 0.1) is 5.92 Å². The summed E-state index contributed by atoms with van der Waals surface area (Å²) in [6.45, 7) is 4.44. The van der Waals surface area contributed by atoms with Crippen molar-refractivity contribution in [2.45, 2.75) is 31.7 Å². The second kappa shape index (κ2) is 9.71. The van der Waals surface area contributed by atoms with Gasteiger partial charge in [-0.15, -0.1) is 24.8 Å². The van der Waals surface area contributed by atoms with E-state index in [0.717, 1.165) is 41.6 Å². The molecule has 0 unspecified atom stereocenters. The van der Waals surface area contributed by atoms with Crippen molar-refractivity contribution >= 4 is 52.3 Å². The van der Waals surface area contributed by atoms with Crippen molar-refractivity contribution in [3.63, 3.8) is 0 Å². The standard InChI is InChI=1S/C16H22BrClN2.2ClH/c17-13-5-6-15(18)14(11-13)16(12-3-1-2-4-12)20-9-7-19-8-10-20;;/h5-6,11-12,16,19H,1-4,7-10H2;2*1H/t16-;;/m0../s1. The lowest BCUT2D eigenvalue weighted by molar-refractivity contribution is 0.125. The molecule has 1 heterocycles. The van der Waals surface area contributed by atoms with E-state index in [9.17, 15) is 0 Å². The van der Waals surface area contributed by atoms with Gasteiger partial charge in [-0.05, 0) is 42.5 Å². The lowest BCUT2D eigenvalue weighted by atomic mass is 9.89. The number of nitrogens with one attached hydrogen (secondary N) is 1. The molecule has 1 aromatic carbocycles. The van der Waals surface area contributed by atoms with E-state index in [1.807, 2.05) is 12.1 Å². The Morgan fingerprint density at radius 1 is 1.14 bits per heavy atom. The van der Waals surface area contributed by atoms with E-state index >= 15 is 0 Å². The Bertz CT molecular complexity index is 461. The molecular weight excluding hydrogens is 406 g/mol. The first-order chi connectivity index (χ1) is 9.75. The van der Waals surface area contributed by atoms with Crippen LogP contribution >= 0.6 is 52.3 Å². The molecule has 1 saturated carbocycles. The van der Waals surface area contributed by atoms with Crippen LogP contribution < -0.4 is 5.32 Å². The second-order valence-corrected chi connectivity index (χ2v) is 7.26. The van der Waals surface area contributed by atoms with E-state index in [0.29, 0.717) is 6.04 Å². The first-order valence-corrected chi connectivity index (χ1v) is 8.82. The third-order valence-corrected chi connectivity index (χ3v) is 5.51. The molecule has 0 spiro atoms. The Kier molecular flexibility index (Phi) is 9.06. The lowest BCUT2D eigenvalue weighted by Crippen LogP contribution is -2.46. The molecule has 3 rings (SSSR count). The highest BCUT2D eigenvalue weighted by atomic mass is 79.9. The van der Waals surface area contributed by atoms with Crippen LogP contribution in [0.4, 0.5) is 0 Å². The summed E-state index contributed by atoms with van der Waals surface area (Å²) >= 11 is 10.1. The Hall–Kier alpha value is 0.490. The Labute approximate surface area is 159 Å². The topological polar surface area (TPSA) is 15.3 Å². The van der Waals surface area contributed by atoms with Gasteiger partial charge in [-0.2, -0.15) is 0 Å². The van der Waals surface area contributed by atoms with Crippen LogP contribution in [-0.4, -0.2) is 31.1 Å². The number of hydrogen-bond donors (Lipinski definition) is 1. The molecular formula is C16H24BrCl3N2. The monoisotopic (exact) mass is 428 g/mol. The molecule has 0 aromatic heterocycles. The molecule has 22 heavy (non-hydrogen) atoms. The zero-order valence-corrected chi connectivity index (χ0v) is 16.5. The molecule has 0 bridgehead atoms. The Morgan fingerprint density at radius 3 is 2.41 bits per heavy atom. The summed E-state index contributed by atoms with van der Waals surface area (Å²) in [5.41, 5.74) is 1.31. The lowest BCUT2D eigenvalue weighted by Gasteiger charge is -2.39. The number of hydrogen-bond acceptors (Lipinski definition) is 2. The number of benzene rings is 1. The van der Waals surface area contributed by atoms with Gasteiger partial charge in [0.15, 0.2) is 0 Å². The maximum atomic E-state index is 6.53. The summed E-state index contributed by atoms with van der Waals surface area (Å²) in [5, 5.41) is 4.37. The van der Waals surface area contributed by atoms with Gasteiger partial charge in [0.1, 0.15) is 0 Å². The van der Waals surface area contributed by atoms with Crippen LogP contribution in [0.15, 0.2) is 22.7 Å². The number of piperazine rings is 1. The van der Waals surface area contributed by atoms with Crippen molar-refractivity contribution in [3.8, 4) is 0 Å². The summed E-state index contributed by atoms with van der Waals surface area (Å²) in [6, 6.07) is 6.79. The molecule has 1 aromatic rings. The van der Waals surface area contributed by atoms with Crippen molar-refractivity contribution in [3.05, 3.63) is 33.3 Å². The maximum absolute atomic E-state index is 6.53. The van der Waals surface area contributed by atoms with Crippen molar-refractivity contribution in [1.29, 1.82) is 0 Å². The third kappa shape index (κ3) is 4.75. The molecule has 2 nitrogen and oxygen atoms in total. The molecule has 0 radical (unpaired) electrons. The predicted molar refractivity (Wildman–Crippen MR) is 103 cm³/mol. The van der Waals surface area contributed by atoms with E-state index in [-0.39, 0.29) is 24.8 Å². The average molecular weight is 431 g/mol. The van der Waals surface area contributed by atoms with Gasteiger partial charge in [-0.1, -0.05) is 40.4 Å². The summed E-state index contributed by atoms with van der Waals surface area (Å²) in [5.74, 6) is 0.764. The summed E-state index contributed by atoms with van der Waals surface area (Å²) in [4.78, 5) is 2.64. The van der Waals surface area contributed by atoms with E-state index in [1.54, 1.807) is 0 Å². The van der Waals surface area contributed by atoms with Crippen molar-refractivity contribution in [2.75, 3.05) is 26.2 Å². The average Bonchev–Trinajstić information content (AvgIpc) is 2.98. The zero-order chi connectivity index (χ0) is 13.9. The number of halogens is 4. The van der Waals surface area contributed by atoms with Crippen LogP contribution in [-0.2, 0) is 0 Å². The van der Waals surface area contributed by atoms with Gasteiger partial charge in [0.25, 0.3) is 0 Å². The summed E-state index contributed by atoms with van der Waals surface area (Å²) in [7, 11) is 0. The highest BCUT2D eigenvalue weighted by Gasteiger charge is 2.33. The molecule has 1 atom stereocenters. The molecule has 1 N–H and O–H groups in total. The summed E-state index contributed by atoms with van der Waals surface area (Å²) in [6.07, 6.45) is 5.44. The van der Waals surface area contributed by atoms with E-state index in [4.69, 9.17) is 11.6 Å². The van der Waals surface area contributed by atoms with E-state index < -0.39 is 0 Å². The van der Waals surface area contributed by atoms with Crippen LogP contribution in [0.3, 0.4) is 0 Å². The minimum Gasteiger partial charge on any atom is -0.314 e. The highest BCUT2D eigenvalue weighted by Crippen LogP contribution is 2.42. The molecule has 6 heteroatoms. The summed E-state index contributed by atoms with van der Waals surface area (Å²) < 4.78 is 1.13. The molecule has 1 aliphatic heterocycles. The van der Waals surface area contributed by atoms with Crippen molar-refractivity contribution < 1.29 is 0 Å². The van der Waals surface area contributed by atoms with Crippen LogP contribution in [0.5, 0.6) is 0 Å². The number of rotatable bonds is 3. The Balaban J connectivity index is 0.00000121. The first-order valence-electron chi connectivity index (χ1n) is 7.65. The fourth-order valence-corrected chi connectivity index (χ4v) is 4.33. The zero-order valence-electron chi connectivity index (χ0n) is 12.6. The fourth-order valence-electron chi connectivity index (χ4n) is 3.72. The molecule has 1 saturated heterocycles. The fraction of sp³-hybridized carbons (Fsp3) is 0.625. The van der Waals surface area contributed by atoms with Gasteiger partial charge in [-0.25, -0.2) is 0 Å². The smallest absolute Gasteiger partial charge is 0.0454 e. The second-order valence-electron chi connectivity index (χ2n) is 5.94. The van der Waals surface area contributed by atoms with Crippen LogP contribution in [0.25, 0.3) is 0 Å².